The summed E-state index contributed by atoms with van der Waals surface area (Å²) in [5.41, 5.74) is 7.38. The Bertz CT molecular complexity index is 513. The van der Waals surface area contributed by atoms with Crippen molar-refractivity contribution in [3.05, 3.63) is 29.3 Å². The number of hydrogen-bond acceptors (Lipinski definition) is 4. The molecule has 0 aromatic heterocycles. The molecule has 3 N–H and O–H groups in total. The number of nitrogens with two attached hydrogens (primary N) is 1. The van der Waals surface area contributed by atoms with Gasteiger partial charge in [-0.15, -0.1) is 0 Å². The second-order valence-electron chi connectivity index (χ2n) is 4.61. The number of ether oxygens (including phenoxy) is 1. The smallest absolute Gasteiger partial charge is 0.240 e. The van der Waals surface area contributed by atoms with E-state index >= 15 is 0 Å². The Hall–Kier alpha value is -0.950. The molecular formula is C13H22N2O3S. The molecule has 0 amide bonds. The maximum absolute atomic E-state index is 12.0. The highest BCUT2D eigenvalue weighted by Crippen LogP contribution is 2.14. The van der Waals surface area contributed by atoms with E-state index in [2.05, 4.69) is 4.72 Å². The van der Waals surface area contributed by atoms with E-state index in [0.29, 0.717) is 13.2 Å². The van der Waals surface area contributed by atoms with Crippen LogP contribution < -0.4 is 10.5 Å². The zero-order valence-electron chi connectivity index (χ0n) is 11.6. The summed E-state index contributed by atoms with van der Waals surface area (Å²) in [4.78, 5) is 0.256. The third kappa shape index (κ3) is 4.91. The standard InChI is InChI=1S/C13H22N2O3S/c1-10(2)18-7-6-15-19(16,17)13-5-4-12(9-14)11(3)8-13/h4-5,8,10,15H,6-7,9,14H2,1-3H3. The van der Waals surface area contributed by atoms with Crippen molar-refractivity contribution in [2.45, 2.75) is 38.3 Å². The van der Waals surface area contributed by atoms with Crippen molar-refractivity contribution in [2.75, 3.05) is 13.2 Å². The molecule has 0 saturated heterocycles. The summed E-state index contributed by atoms with van der Waals surface area (Å²) in [5, 5.41) is 0. The molecule has 0 atom stereocenters. The Morgan fingerprint density at radius 3 is 2.58 bits per heavy atom. The van der Waals surface area contributed by atoms with Gasteiger partial charge in [-0.1, -0.05) is 6.07 Å². The van der Waals surface area contributed by atoms with E-state index in [4.69, 9.17) is 10.5 Å². The van der Waals surface area contributed by atoms with Gasteiger partial charge < -0.3 is 10.5 Å². The molecule has 0 aliphatic carbocycles. The van der Waals surface area contributed by atoms with Crippen LogP contribution in [0.25, 0.3) is 0 Å². The summed E-state index contributed by atoms with van der Waals surface area (Å²) in [7, 11) is -3.48. The van der Waals surface area contributed by atoms with E-state index in [-0.39, 0.29) is 17.5 Å². The molecule has 1 aromatic rings. The highest BCUT2D eigenvalue weighted by atomic mass is 32.2. The average Bonchev–Trinajstić information content (AvgIpc) is 2.34. The van der Waals surface area contributed by atoms with Gasteiger partial charge in [0.15, 0.2) is 0 Å². The van der Waals surface area contributed by atoms with Gasteiger partial charge in [-0.2, -0.15) is 0 Å². The molecule has 108 valence electrons. The second kappa shape index (κ2) is 7.00. The zero-order chi connectivity index (χ0) is 14.5. The van der Waals surface area contributed by atoms with Crippen LogP contribution in [-0.2, 0) is 21.3 Å². The largest absolute Gasteiger partial charge is 0.377 e. The quantitative estimate of drug-likeness (QED) is 0.737. The Labute approximate surface area is 115 Å². The van der Waals surface area contributed by atoms with Gasteiger partial charge in [-0.25, -0.2) is 13.1 Å². The first-order chi connectivity index (χ1) is 8.86. The van der Waals surface area contributed by atoms with E-state index in [9.17, 15) is 8.42 Å². The van der Waals surface area contributed by atoms with Crippen molar-refractivity contribution < 1.29 is 13.2 Å². The number of aryl methyl sites for hydroxylation is 1. The Balaban J connectivity index is 2.69. The molecule has 0 fully saturated rings. The molecule has 0 bridgehead atoms. The van der Waals surface area contributed by atoms with Gasteiger partial charge >= 0.3 is 0 Å². The van der Waals surface area contributed by atoms with E-state index in [1.54, 1.807) is 18.2 Å². The topological polar surface area (TPSA) is 81.4 Å². The molecule has 0 spiro atoms. The van der Waals surface area contributed by atoms with Crippen LogP contribution in [0.3, 0.4) is 0 Å². The van der Waals surface area contributed by atoms with Gasteiger partial charge in [0.05, 0.1) is 17.6 Å². The van der Waals surface area contributed by atoms with Crippen LogP contribution in [0.1, 0.15) is 25.0 Å². The van der Waals surface area contributed by atoms with Gasteiger partial charge in [0.1, 0.15) is 0 Å². The molecule has 0 radical (unpaired) electrons. The first kappa shape index (κ1) is 16.1. The van der Waals surface area contributed by atoms with Crippen LogP contribution in [0.2, 0.25) is 0 Å². The van der Waals surface area contributed by atoms with Crippen molar-refractivity contribution in [3.8, 4) is 0 Å². The molecule has 19 heavy (non-hydrogen) atoms. The van der Waals surface area contributed by atoms with Crippen molar-refractivity contribution in [3.63, 3.8) is 0 Å². The third-order valence-electron chi connectivity index (χ3n) is 2.69. The molecular weight excluding hydrogens is 264 g/mol. The predicted molar refractivity (Wildman–Crippen MR) is 75.3 cm³/mol. The fourth-order valence-corrected chi connectivity index (χ4v) is 2.72. The van der Waals surface area contributed by atoms with Crippen molar-refractivity contribution in [1.29, 1.82) is 0 Å². The normalized spacial score (nSPS) is 12.1. The fourth-order valence-electron chi connectivity index (χ4n) is 1.62. The van der Waals surface area contributed by atoms with E-state index in [1.807, 2.05) is 20.8 Å². The maximum Gasteiger partial charge on any atom is 0.240 e. The maximum atomic E-state index is 12.0. The molecule has 0 aliphatic rings. The monoisotopic (exact) mass is 286 g/mol. The number of nitrogens with one attached hydrogen (secondary N) is 1. The van der Waals surface area contributed by atoms with Gasteiger partial charge in [0, 0.05) is 13.1 Å². The third-order valence-corrected chi connectivity index (χ3v) is 4.15. The number of sulfonamides is 1. The summed E-state index contributed by atoms with van der Waals surface area (Å²) in [6.45, 7) is 6.69. The summed E-state index contributed by atoms with van der Waals surface area (Å²) in [6, 6.07) is 4.95. The minimum Gasteiger partial charge on any atom is -0.377 e. The first-order valence-electron chi connectivity index (χ1n) is 6.27. The average molecular weight is 286 g/mol. The van der Waals surface area contributed by atoms with Gasteiger partial charge in [-0.3, -0.25) is 0 Å². The van der Waals surface area contributed by atoms with Crippen LogP contribution in [-0.4, -0.2) is 27.7 Å². The minimum atomic E-state index is -3.48. The van der Waals surface area contributed by atoms with E-state index in [1.165, 1.54) is 0 Å². The number of benzene rings is 1. The highest BCUT2D eigenvalue weighted by molar-refractivity contribution is 7.89. The summed E-state index contributed by atoms with van der Waals surface area (Å²) >= 11 is 0. The van der Waals surface area contributed by atoms with Gasteiger partial charge in [0.2, 0.25) is 10.0 Å². The summed E-state index contributed by atoms with van der Waals surface area (Å²) < 4.78 is 31.9. The van der Waals surface area contributed by atoms with Crippen molar-refractivity contribution in [1.82, 2.24) is 4.72 Å². The Morgan fingerprint density at radius 2 is 2.05 bits per heavy atom. The Morgan fingerprint density at radius 1 is 1.37 bits per heavy atom. The van der Waals surface area contributed by atoms with Gasteiger partial charge in [-0.05, 0) is 44.0 Å². The van der Waals surface area contributed by atoms with Crippen molar-refractivity contribution >= 4 is 10.0 Å². The van der Waals surface area contributed by atoms with Crippen molar-refractivity contribution in [2.24, 2.45) is 5.73 Å². The van der Waals surface area contributed by atoms with Crippen LogP contribution in [0, 0.1) is 6.92 Å². The van der Waals surface area contributed by atoms with Crippen LogP contribution in [0.15, 0.2) is 23.1 Å². The lowest BCUT2D eigenvalue weighted by Crippen LogP contribution is -2.28. The van der Waals surface area contributed by atoms with Crippen LogP contribution >= 0.6 is 0 Å². The molecule has 1 aromatic carbocycles. The molecule has 0 saturated carbocycles. The van der Waals surface area contributed by atoms with Crippen LogP contribution in [0.5, 0.6) is 0 Å². The number of rotatable bonds is 7. The number of hydrogen-bond donors (Lipinski definition) is 2. The lowest BCUT2D eigenvalue weighted by molar-refractivity contribution is 0.0834. The zero-order valence-corrected chi connectivity index (χ0v) is 12.5. The molecule has 6 heteroatoms. The lowest BCUT2D eigenvalue weighted by Gasteiger charge is -2.11. The summed E-state index contributed by atoms with van der Waals surface area (Å²) in [6.07, 6.45) is 0.0931. The van der Waals surface area contributed by atoms with E-state index in [0.717, 1.165) is 11.1 Å². The predicted octanol–water partition coefficient (Wildman–Crippen LogP) is 1.16. The van der Waals surface area contributed by atoms with E-state index < -0.39 is 10.0 Å². The molecule has 0 unspecified atom stereocenters. The van der Waals surface area contributed by atoms with Gasteiger partial charge in [0.25, 0.3) is 0 Å². The Kier molecular flexibility index (Phi) is 5.93. The first-order valence-corrected chi connectivity index (χ1v) is 7.76. The second-order valence-corrected chi connectivity index (χ2v) is 6.38. The lowest BCUT2D eigenvalue weighted by atomic mass is 10.1. The highest BCUT2D eigenvalue weighted by Gasteiger charge is 2.14. The minimum absolute atomic E-state index is 0.0931. The molecule has 0 heterocycles. The molecule has 1 rings (SSSR count). The molecule has 5 nitrogen and oxygen atoms in total. The fraction of sp³-hybridized carbons (Fsp3) is 0.538. The SMILES string of the molecule is Cc1cc(S(=O)(=O)NCCOC(C)C)ccc1CN. The molecule has 0 aliphatic heterocycles. The summed E-state index contributed by atoms with van der Waals surface area (Å²) in [5.74, 6) is 0. The van der Waals surface area contributed by atoms with Crippen LogP contribution in [0.4, 0.5) is 0 Å².